The molecule has 9 heteroatoms. The molecule has 7 nitrogen and oxygen atoms in total. The number of benzene rings is 1. The molecule has 0 bridgehead atoms. The van der Waals surface area contributed by atoms with Crippen molar-refractivity contribution >= 4 is 51.9 Å². The third-order valence-electron chi connectivity index (χ3n) is 3.54. The second kappa shape index (κ2) is 7.55. The van der Waals surface area contributed by atoms with Crippen LogP contribution in [0.15, 0.2) is 33.2 Å². The number of amidine groups is 3. The number of rotatable bonds is 4. The van der Waals surface area contributed by atoms with Crippen LogP contribution in [0.5, 0.6) is 11.5 Å². The molecule has 1 amide bonds. The van der Waals surface area contributed by atoms with Crippen molar-refractivity contribution in [2.45, 2.75) is 20.0 Å². The molecule has 0 aliphatic carbocycles. The van der Waals surface area contributed by atoms with Crippen LogP contribution < -0.4 is 9.47 Å². The molecular formula is C17H18N4O3S2. The summed E-state index contributed by atoms with van der Waals surface area (Å²) in [5.41, 5.74) is 0.928. The zero-order valence-corrected chi connectivity index (χ0v) is 16.4. The van der Waals surface area contributed by atoms with E-state index in [2.05, 4.69) is 9.39 Å². The average molecular weight is 390 g/mol. The molecule has 0 atom stereocenters. The number of carbonyl (C=O) groups excluding carboxylic acids is 1. The summed E-state index contributed by atoms with van der Waals surface area (Å²) in [4.78, 5) is 18.0. The number of thioether (sulfide) groups is 1. The summed E-state index contributed by atoms with van der Waals surface area (Å²) in [6.07, 6.45) is 3.52. The number of nitrogens with one attached hydrogen (secondary N) is 1. The number of nitrogens with zero attached hydrogens (tertiary/aromatic N) is 3. The molecule has 1 aromatic rings. The molecule has 2 aliphatic rings. The van der Waals surface area contributed by atoms with E-state index < -0.39 is 5.91 Å². The van der Waals surface area contributed by atoms with Crippen molar-refractivity contribution in [2.24, 2.45) is 9.39 Å². The van der Waals surface area contributed by atoms with Crippen molar-refractivity contribution in [3.8, 4) is 11.5 Å². The summed E-state index contributed by atoms with van der Waals surface area (Å²) in [6.45, 7) is 3.87. The van der Waals surface area contributed by atoms with Gasteiger partial charge in [-0.2, -0.15) is 9.39 Å². The zero-order valence-electron chi connectivity index (χ0n) is 14.8. The lowest BCUT2D eigenvalue weighted by molar-refractivity contribution is -0.114. The Morgan fingerprint density at radius 1 is 1.35 bits per heavy atom. The first-order valence-corrected chi connectivity index (χ1v) is 9.82. The van der Waals surface area contributed by atoms with Gasteiger partial charge in [0.2, 0.25) is 5.17 Å². The van der Waals surface area contributed by atoms with Crippen molar-refractivity contribution in [2.75, 3.05) is 13.4 Å². The number of aliphatic imine (C=N–C) groups is 1. The highest BCUT2D eigenvalue weighted by Gasteiger charge is 2.36. The monoisotopic (exact) mass is 390 g/mol. The van der Waals surface area contributed by atoms with Gasteiger partial charge >= 0.3 is 0 Å². The lowest BCUT2D eigenvalue weighted by Crippen LogP contribution is -2.41. The molecule has 0 saturated carbocycles. The van der Waals surface area contributed by atoms with E-state index in [0.29, 0.717) is 21.8 Å². The Kier molecular flexibility index (Phi) is 5.38. The molecule has 0 saturated heterocycles. The number of hydrogen-bond acceptors (Lipinski definition) is 7. The predicted octanol–water partition coefficient (Wildman–Crippen LogP) is 3.42. The van der Waals surface area contributed by atoms with Crippen molar-refractivity contribution < 1.29 is 14.3 Å². The first kappa shape index (κ1) is 18.5. The van der Waals surface area contributed by atoms with Crippen LogP contribution in [0.4, 0.5) is 0 Å². The Hall–Kier alpha value is -2.26. The predicted molar refractivity (Wildman–Crippen MR) is 107 cm³/mol. The van der Waals surface area contributed by atoms with Gasteiger partial charge in [-0.15, -0.1) is 0 Å². The van der Waals surface area contributed by atoms with E-state index in [1.807, 2.05) is 26.2 Å². The van der Waals surface area contributed by atoms with Crippen molar-refractivity contribution in [1.82, 2.24) is 4.90 Å². The topological polar surface area (TPSA) is 87.3 Å². The van der Waals surface area contributed by atoms with Gasteiger partial charge < -0.3 is 9.47 Å². The highest BCUT2D eigenvalue weighted by Crippen LogP contribution is 2.33. The van der Waals surface area contributed by atoms with E-state index >= 15 is 0 Å². The smallest absolute Gasteiger partial charge is 0.283 e. The molecule has 0 aromatic heterocycles. The van der Waals surface area contributed by atoms with E-state index in [9.17, 15) is 4.79 Å². The minimum atomic E-state index is -0.451. The third kappa shape index (κ3) is 3.49. The van der Waals surface area contributed by atoms with Gasteiger partial charge in [0.05, 0.1) is 30.7 Å². The first-order valence-electron chi connectivity index (χ1n) is 7.82. The standard InChI is InChI=1S/C17H18N4O3S2/c1-9(2)24-12-6-5-10(8-13(12)23-3)7-11-14(18)21-16(19-15(11)22)26-20-17(21)25-4/h5-9,18H,1-4H3/b11-7-,18-14?. The highest BCUT2D eigenvalue weighted by molar-refractivity contribution is 8.18. The maximum atomic E-state index is 12.4. The normalized spacial score (nSPS) is 18.2. The summed E-state index contributed by atoms with van der Waals surface area (Å²) in [5, 5.41) is 9.46. The fraction of sp³-hybridized carbons (Fsp3) is 0.294. The van der Waals surface area contributed by atoms with Crippen LogP contribution in [0.25, 0.3) is 6.08 Å². The second-order valence-electron chi connectivity index (χ2n) is 5.69. The van der Waals surface area contributed by atoms with Crippen LogP contribution in [0.2, 0.25) is 0 Å². The maximum absolute atomic E-state index is 12.4. The Balaban J connectivity index is 1.96. The van der Waals surface area contributed by atoms with Gasteiger partial charge in [-0.1, -0.05) is 17.8 Å². The SMILES string of the molecule is COc1cc(/C=C2/C(=N)N3C(SC)=NSC3=NC2=O)ccc1OC(C)C. The second-order valence-corrected chi connectivity index (χ2v) is 7.19. The van der Waals surface area contributed by atoms with Gasteiger partial charge in [-0.3, -0.25) is 10.2 Å². The number of amides is 1. The minimum Gasteiger partial charge on any atom is -0.493 e. The average Bonchev–Trinajstić information content (AvgIpc) is 3.02. The van der Waals surface area contributed by atoms with Crippen molar-refractivity contribution in [3.63, 3.8) is 0 Å². The van der Waals surface area contributed by atoms with Crippen LogP contribution in [0, 0.1) is 5.41 Å². The van der Waals surface area contributed by atoms with E-state index in [-0.39, 0.29) is 17.5 Å². The molecular weight excluding hydrogens is 372 g/mol. The maximum Gasteiger partial charge on any atom is 0.283 e. The zero-order chi connectivity index (χ0) is 18.8. The summed E-state index contributed by atoms with van der Waals surface area (Å²) < 4.78 is 15.3. The molecule has 0 fully saturated rings. The summed E-state index contributed by atoms with van der Waals surface area (Å²) in [6, 6.07) is 5.37. The molecule has 2 heterocycles. The quantitative estimate of drug-likeness (QED) is 0.626. The van der Waals surface area contributed by atoms with Crippen LogP contribution in [-0.4, -0.2) is 46.4 Å². The van der Waals surface area contributed by atoms with E-state index in [0.717, 1.165) is 17.5 Å². The van der Waals surface area contributed by atoms with E-state index in [4.69, 9.17) is 14.9 Å². The molecule has 136 valence electrons. The van der Waals surface area contributed by atoms with Gasteiger partial charge in [-0.25, -0.2) is 4.90 Å². The van der Waals surface area contributed by atoms with Gasteiger partial charge in [0, 0.05) is 0 Å². The van der Waals surface area contributed by atoms with Crippen molar-refractivity contribution in [1.29, 1.82) is 5.41 Å². The lowest BCUT2D eigenvalue weighted by Gasteiger charge is -2.23. The van der Waals surface area contributed by atoms with Crippen LogP contribution in [0.3, 0.4) is 0 Å². The van der Waals surface area contributed by atoms with Gasteiger partial charge in [-0.05, 0) is 43.9 Å². The molecule has 3 rings (SSSR count). The van der Waals surface area contributed by atoms with Crippen molar-refractivity contribution in [3.05, 3.63) is 29.3 Å². The molecule has 2 aliphatic heterocycles. The van der Waals surface area contributed by atoms with E-state index in [1.165, 1.54) is 11.8 Å². The van der Waals surface area contributed by atoms with E-state index in [1.54, 1.807) is 30.2 Å². The number of ether oxygens (including phenoxy) is 2. The number of hydrogen-bond donors (Lipinski definition) is 1. The van der Waals surface area contributed by atoms with Crippen LogP contribution >= 0.6 is 23.7 Å². The fourth-order valence-corrected chi connectivity index (χ4v) is 3.88. The van der Waals surface area contributed by atoms with Crippen LogP contribution in [-0.2, 0) is 4.79 Å². The summed E-state index contributed by atoms with van der Waals surface area (Å²) >= 11 is 2.51. The molecule has 0 radical (unpaired) electrons. The summed E-state index contributed by atoms with van der Waals surface area (Å²) in [5.74, 6) is 0.810. The largest absolute Gasteiger partial charge is 0.493 e. The number of fused-ring (bicyclic) bond motifs is 1. The third-order valence-corrected chi connectivity index (χ3v) is 4.99. The van der Waals surface area contributed by atoms with Gasteiger partial charge in [0.15, 0.2) is 16.7 Å². The summed E-state index contributed by atoms with van der Waals surface area (Å²) in [7, 11) is 1.56. The fourth-order valence-electron chi connectivity index (χ4n) is 2.42. The molecule has 1 aromatic carbocycles. The number of methoxy groups -OCH3 is 1. The first-order chi connectivity index (χ1) is 12.4. The number of carbonyl (C=O) groups is 1. The van der Waals surface area contributed by atoms with Gasteiger partial charge in [0.1, 0.15) is 5.84 Å². The Morgan fingerprint density at radius 2 is 2.12 bits per heavy atom. The minimum absolute atomic E-state index is 0.0193. The van der Waals surface area contributed by atoms with Crippen LogP contribution in [0.1, 0.15) is 19.4 Å². The van der Waals surface area contributed by atoms with Gasteiger partial charge in [0.25, 0.3) is 5.91 Å². The Labute approximate surface area is 160 Å². The molecule has 0 spiro atoms. The Bertz CT molecular complexity index is 862. The molecule has 0 unspecified atom stereocenters. The molecule has 1 N–H and O–H groups in total. The Morgan fingerprint density at radius 3 is 2.77 bits per heavy atom. The lowest BCUT2D eigenvalue weighted by atomic mass is 10.1. The molecule has 26 heavy (non-hydrogen) atoms. The highest BCUT2D eigenvalue weighted by atomic mass is 32.2.